The molecule has 0 spiro atoms. The van der Waals surface area contributed by atoms with Crippen molar-refractivity contribution in [3.63, 3.8) is 0 Å². The molecular weight excluding hydrogens is 205 g/mol. The Bertz CT molecular complexity index is 372. The molecule has 0 amide bonds. The van der Waals surface area contributed by atoms with Crippen LogP contribution in [-0.2, 0) is 4.65 Å². The van der Waals surface area contributed by atoms with Gasteiger partial charge >= 0.3 is 7.12 Å². The molecule has 0 saturated carbocycles. The summed E-state index contributed by atoms with van der Waals surface area (Å²) >= 11 is 0. The predicted molar refractivity (Wildman–Crippen MR) is 62.7 cm³/mol. The Hall–Kier alpha value is -1.04. The molecule has 1 aliphatic rings. The number of benzene rings is 1. The molecule has 1 aliphatic heterocycles. The van der Waals surface area contributed by atoms with Gasteiger partial charge in [-0.05, 0) is 29.6 Å². The fraction of sp³-hybridized carbons (Fsp3) is 0.455. The maximum absolute atomic E-state index is 9.70. The van der Waals surface area contributed by atoms with Gasteiger partial charge in [-0.1, -0.05) is 13.0 Å². The van der Waals surface area contributed by atoms with Crippen LogP contribution < -0.4 is 15.9 Å². The van der Waals surface area contributed by atoms with E-state index in [0.717, 1.165) is 23.2 Å². The number of hydrogen-bond donors (Lipinski definition) is 2. The van der Waals surface area contributed by atoms with Crippen LogP contribution in [0.25, 0.3) is 0 Å². The number of fused-ring (bicyclic) bond motifs is 1. The van der Waals surface area contributed by atoms with E-state index < -0.39 is 7.12 Å². The fourth-order valence-corrected chi connectivity index (χ4v) is 1.85. The second kappa shape index (κ2) is 4.87. The van der Waals surface area contributed by atoms with E-state index in [1.807, 2.05) is 18.2 Å². The molecule has 16 heavy (non-hydrogen) atoms. The molecule has 0 aliphatic carbocycles. The summed E-state index contributed by atoms with van der Waals surface area (Å²) in [5.41, 5.74) is 7.29. The number of rotatable bonds is 4. The Kier molecular flexibility index (Phi) is 3.48. The molecule has 1 aromatic rings. The Morgan fingerprint density at radius 1 is 1.56 bits per heavy atom. The van der Waals surface area contributed by atoms with Gasteiger partial charge in [-0.25, -0.2) is 0 Å². The first kappa shape index (κ1) is 11.5. The summed E-state index contributed by atoms with van der Waals surface area (Å²) in [4.78, 5) is 0. The SMILES string of the molecule is CCCOc1ccc2c(c1)B(O)OC2CN. The predicted octanol–water partition coefficient (Wildman–Crippen LogP) is 0.193. The van der Waals surface area contributed by atoms with E-state index in [4.69, 9.17) is 15.1 Å². The lowest BCUT2D eigenvalue weighted by Crippen LogP contribution is -2.28. The topological polar surface area (TPSA) is 64.7 Å². The maximum atomic E-state index is 9.70. The van der Waals surface area contributed by atoms with Crippen LogP contribution in [0.15, 0.2) is 18.2 Å². The molecule has 1 heterocycles. The zero-order valence-electron chi connectivity index (χ0n) is 9.35. The summed E-state index contributed by atoms with van der Waals surface area (Å²) in [6, 6.07) is 5.62. The third kappa shape index (κ3) is 2.07. The van der Waals surface area contributed by atoms with Crippen LogP contribution in [0.2, 0.25) is 0 Å². The molecule has 0 aromatic heterocycles. The zero-order valence-corrected chi connectivity index (χ0v) is 9.35. The van der Waals surface area contributed by atoms with Gasteiger partial charge in [-0.3, -0.25) is 0 Å². The highest BCUT2D eigenvalue weighted by Crippen LogP contribution is 2.24. The van der Waals surface area contributed by atoms with Crippen molar-refractivity contribution in [2.45, 2.75) is 19.4 Å². The summed E-state index contributed by atoms with van der Waals surface area (Å²) < 4.78 is 10.8. The normalized spacial score (nSPS) is 18.7. The monoisotopic (exact) mass is 221 g/mol. The zero-order chi connectivity index (χ0) is 11.5. The average molecular weight is 221 g/mol. The van der Waals surface area contributed by atoms with Crippen molar-refractivity contribution >= 4 is 12.6 Å². The second-order valence-electron chi connectivity index (χ2n) is 3.85. The van der Waals surface area contributed by atoms with Gasteiger partial charge in [-0.15, -0.1) is 0 Å². The molecule has 5 heteroatoms. The van der Waals surface area contributed by atoms with Crippen molar-refractivity contribution in [3.05, 3.63) is 23.8 Å². The van der Waals surface area contributed by atoms with E-state index in [1.165, 1.54) is 0 Å². The van der Waals surface area contributed by atoms with Crippen LogP contribution in [0.3, 0.4) is 0 Å². The number of nitrogens with two attached hydrogens (primary N) is 1. The highest BCUT2D eigenvalue weighted by molar-refractivity contribution is 6.61. The van der Waals surface area contributed by atoms with Crippen molar-refractivity contribution in [1.29, 1.82) is 0 Å². The van der Waals surface area contributed by atoms with E-state index in [1.54, 1.807) is 0 Å². The Morgan fingerprint density at radius 3 is 3.06 bits per heavy atom. The van der Waals surface area contributed by atoms with Crippen molar-refractivity contribution < 1.29 is 14.4 Å². The van der Waals surface area contributed by atoms with Crippen LogP contribution in [0.4, 0.5) is 0 Å². The summed E-state index contributed by atoms with van der Waals surface area (Å²) in [6.45, 7) is 3.10. The van der Waals surface area contributed by atoms with Gasteiger partial charge in [0, 0.05) is 6.54 Å². The Balaban J connectivity index is 2.22. The van der Waals surface area contributed by atoms with Gasteiger partial charge in [-0.2, -0.15) is 0 Å². The summed E-state index contributed by atoms with van der Waals surface area (Å²) in [7, 11) is -0.881. The van der Waals surface area contributed by atoms with Crippen LogP contribution in [-0.4, -0.2) is 25.3 Å². The third-order valence-electron chi connectivity index (χ3n) is 2.65. The molecule has 2 rings (SSSR count). The van der Waals surface area contributed by atoms with Crippen molar-refractivity contribution in [1.82, 2.24) is 0 Å². The van der Waals surface area contributed by atoms with Crippen LogP contribution >= 0.6 is 0 Å². The minimum atomic E-state index is -0.881. The minimum Gasteiger partial charge on any atom is -0.494 e. The Morgan fingerprint density at radius 2 is 2.38 bits per heavy atom. The standard InChI is InChI=1S/C11H16BNO3/c1-2-5-15-8-3-4-9-10(6-8)12(14)16-11(9)7-13/h3-4,6,11,14H,2,5,7,13H2,1H3. The maximum Gasteiger partial charge on any atom is 0.492 e. The highest BCUT2D eigenvalue weighted by Gasteiger charge is 2.34. The first-order chi connectivity index (χ1) is 7.76. The number of ether oxygens (including phenoxy) is 1. The van der Waals surface area contributed by atoms with Crippen LogP contribution in [0, 0.1) is 0 Å². The molecule has 4 nitrogen and oxygen atoms in total. The lowest BCUT2D eigenvalue weighted by Gasteiger charge is -2.09. The summed E-state index contributed by atoms with van der Waals surface area (Å²) in [5, 5.41) is 9.70. The van der Waals surface area contributed by atoms with E-state index >= 15 is 0 Å². The van der Waals surface area contributed by atoms with Gasteiger partial charge < -0.3 is 20.1 Å². The molecule has 1 aromatic carbocycles. The fourth-order valence-electron chi connectivity index (χ4n) is 1.85. The molecule has 0 bridgehead atoms. The Labute approximate surface area is 95.5 Å². The van der Waals surface area contributed by atoms with Crippen molar-refractivity contribution in [2.75, 3.05) is 13.2 Å². The molecule has 0 fully saturated rings. The second-order valence-corrected chi connectivity index (χ2v) is 3.85. The lowest BCUT2D eigenvalue weighted by molar-refractivity contribution is 0.198. The first-order valence-corrected chi connectivity index (χ1v) is 5.56. The van der Waals surface area contributed by atoms with E-state index in [-0.39, 0.29) is 6.10 Å². The highest BCUT2D eigenvalue weighted by atomic mass is 16.5. The van der Waals surface area contributed by atoms with E-state index in [2.05, 4.69) is 6.92 Å². The lowest BCUT2D eigenvalue weighted by atomic mass is 9.79. The minimum absolute atomic E-state index is 0.203. The average Bonchev–Trinajstić information content (AvgIpc) is 2.63. The summed E-state index contributed by atoms with van der Waals surface area (Å²) in [5.74, 6) is 0.765. The molecular formula is C11H16BNO3. The van der Waals surface area contributed by atoms with Crippen molar-refractivity contribution in [2.24, 2.45) is 5.73 Å². The number of hydrogen-bond acceptors (Lipinski definition) is 4. The largest absolute Gasteiger partial charge is 0.494 e. The first-order valence-electron chi connectivity index (χ1n) is 5.56. The molecule has 1 unspecified atom stereocenters. The van der Waals surface area contributed by atoms with Crippen LogP contribution in [0.1, 0.15) is 25.0 Å². The molecule has 3 N–H and O–H groups in total. The third-order valence-corrected chi connectivity index (χ3v) is 2.65. The van der Waals surface area contributed by atoms with Gasteiger partial charge in [0.05, 0.1) is 12.7 Å². The quantitative estimate of drug-likeness (QED) is 0.712. The van der Waals surface area contributed by atoms with Crippen molar-refractivity contribution in [3.8, 4) is 5.75 Å². The van der Waals surface area contributed by atoms with Gasteiger partial charge in [0.1, 0.15) is 5.75 Å². The molecule has 1 atom stereocenters. The summed E-state index contributed by atoms with van der Waals surface area (Å²) in [6.07, 6.45) is 0.756. The van der Waals surface area contributed by atoms with Gasteiger partial charge in [0.2, 0.25) is 0 Å². The molecule has 86 valence electrons. The van der Waals surface area contributed by atoms with Gasteiger partial charge in [0.25, 0.3) is 0 Å². The molecule has 0 saturated heterocycles. The van der Waals surface area contributed by atoms with E-state index in [0.29, 0.717) is 13.2 Å². The van der Waals surface area contributed by atoms with Gasteiger partial charge in [0.15, 0.2) is 0 Å². The van der Waals surface area contributed by atoms with Crippen LogP contribution in [0.5, 0.6) is 5.75 Å². The smallest absolute Gasteiger partial charge is 0.492 e. The van der Waals surface area contributed by atoms with E-state index in [9.17, 15) is 5.02 Å². The molecule has 0 radical (unpaired) electrons.